The zero-order chi connectivity index (χ0) is 30.3. The lowest BCUT2D eigenvalue weighted by molar-refractivity contribution is 0.0949. The Morgan fingerprint density at radius 3 is 2.21 bits per heavy atom. The van der Waals surface area contributed by atoms with Crippen molar-refractivity contribution in [1.82, 2.24) is 10.2 Å². The van der Waals surface area contributed by atoms with Gasteiger partial charge < -0.3 is 25.8 Å². The number of halogens is 2. The molecule has 1 fully saturated rings. The van der Waals surface area contributed by atoms with Gasteiger partial charge in [0.25, 0.3) is 11.8 Å². The zero-order valence-corrected chi connectivity index (χ0v) is 24.3. The largest absolute Gasteiger partial charge is 0.367 e. The number of nitrogens with zero attached hydrogens (tertiary/aromatic N) is 2. The fraction of sp³-hybridized carbons (Fsp3) is 0.182. The van der Waals surface area contributed by atoms with Gasteiger partial charge in [-0.25, -0.2) is 9.18 Å². The molecule has 4 aromatic rings. The minimum atomic E-state index is -0.399. The van der Waals surface area contributed by atoms with E-state index in [4.69, 9.17) is 11.6 Å². The standard InChI is InChI=1S/C33H31ClFN5O3/c1-22-5-4-6-25(19-22)38-33(43)40-17-15-39(16-18-40)30-14-13-26(37-32(42)27-7-2-3-8-29(27)34)20-28(30)31(41)36-21-23-9-11-24(35)12-10-23/h2-14,19-20H,15-18,21H2,1H3,(H,36,41)(H,37,42)(H,38,43). The molecule has 43 heavy (non-hydrogen) atoms. The SMILES string of the molecule is Cc1cccc(NC(=O)N2CCN(c3ccc(NC(=O)c4ccccc4Cl)cc3C(=O)NCc3ccc(F)cc3)CC2)c1. The first kappa shape index (κ1) is 29.6. The third-order valence-corrected chi connectivity index (χ3v) is 7.49. The highest BCUT2D eigenvalue weighted by Gasteiger charge is 2.25. The minimum Gasteiger partial charge on any atom is -0.367 e. The van der Waals surface area contributed by atoms with Crippen molar-refractivity contribution < 1.29 is 18.8 Å². The summed E-state index contributed by atoms with van der Waals surface area (Å²) < 4.78 is 13.3. The van der Waals surface area contributed by atoms with E-state index in [2.05, 4.69) is 16.0 Å². The van der Waals surface area contributed by atoms with E-state index in [1.807, 2.05) is 36.1 Å². The van der Waals surface area contributed by atoms with Crippen LogP contribution in [0.1, 0.15) is 31.8 Å². The predicted molar refractivity (Wildman–Crippen MR) is 167 cm³/mol. The molecule has 220 valence electrons. The molecule has 4 aromatic carbocycles. The number of carbonyl (C=O) groups is 3. The van der Waals surface area contributed by atoms with Gasteiger partial charge in [0.2, 0.25) is 0 Å². The molecule has 1 aliphatic heterocycles. The Labute approximate surface area is 254 Å². The predicted octanol–water partition coefficient (Wildman–Crippen LogP) is 6.32. The topological polar surface area (TPSA) is 93.8 Å². The summed E-state index contributed by atoms with van der Waals surface area (Å²) in [6, 6.07) is 25.2. The Balaban J connectivity index is 1.32. The summed E-state index contributed by atoms with van der Waals surface area (Å²) in [4.78, 5) is 43.1. The van der Waals surface area contributed by atoms with Crippen LogP contribution in [0, 0.1) is 12.7 Å². The second-order valence-electron chi connectivity index (χ2n) is 10.2. The molecule has 1 aliphatic rings. The molecule has 1 heterocycles. The Kier molecular flexibility index (Phi) is 9.22. The number of anilines is 3. The molecule has 0 bridgehead atoms. The van der Waals surface area contributed by atoms with E-state index in [0.29, 0.717) is 53.7 Å². The molecule has 10 heteroatoms. The van der Waals surface area contributed by atoms with Gasteiger partial charge in [0.15, 0.2) is 0 Å². The maximum atomic E-state index is 13.5. The first-order chi connectivity index (χ1) is 20.8. The van der Waals surface area contributed by atoms with Crippen LogP contribution in [-0.2, 0) is 6.54 Å². The second-order valence-corrected chi connectivity index (χ2v) is 10.7. The van der Waals surface area contributed by atoms with Crippen LogP contribution in [0.25, 0.3) is 0 Å². The summed E-state index contributed by atoms with van der Waals surface area (Å²) >= 11 is 6.20. The average molecular weight is 600 g/mol. The molecule has 0 aliphatic carbocycles. The van der Waals surface area contributed by atoms with Crippen LogP contribution in [0.3, 0.4) is 0 Å². The van der Waals surface area contributed by atoms with Crippen molar-refractivity contribution in [2.75, 3.05) is 41.7 Å². The number of urea groups is 1. The Morgan fingerprint density at radius 2 is 1.49 bits per heavy atom. The fourth-order valence-electron chi connectivity index (χ4n) is 4.87. The quantitative estimate of drug-likeness (QED) is 0.232. The van der Waals surface area contributed by atoms with Crippen molar-refractivity contribution in [1.29, 1.82) is 0 Å². The molecule has 5 rings (SSSR count). The van der Waals surface area contributed by atoms with E-state index >= 15 is 0 Å². The smallest absolute Gasteiger partial charge is 0.321 e. The molecule has 1 saturated heterocycles. The van der Waals surface area contributed by atoms with Gasteiger partial charge in [0.1, 0.15) is 5.82 Å². The highest BCUT2D eigenvalue weighted by Crippen LogP contribution is 2.27. The summed E-state index contributed by atoms with van der Waals surface area (Å²) in [5, 5.41) is 8.99. The van der Waals surface area contributed by atoms with Gasteiger partial charge in [-0.2, -0.15) is 0 Å². The van der Waals surface area contributed by atoms with E-state index in [1.165, 1.54) is 12.1 Å². The average Bonchev–Trinajstić information content (AvgIpc) is 3.01. The van der Waals surface area contributed by atoms with Crippen LogP contribution in [0.5, 0.6) is 0 Å². The Morgan fingerprint density at radius 1 is 0.767 bits per heavy atom. The van der Waals surface area contributed by atoms with Crippen molar-refractivity contribution in [2.45, 2.75) is 13.5 Å². The number of piperazine rings is 1. The van der Waals surface area contributed by atoms with E-state index in [0.717, 1.165) is 16.8 Å². The lowest BCUT2D eigenvalue weighted by Gasteiger charge is -2.37. The van der Waals surface area contributed by atoms with Crippen molar-refractivity contribution in [2.24, 2.45) is 0 Å². The summed E-state index contributed by atoms with van der Waals surface area (Å²) in [6.45, 7) is 4.09. The fourth-order valence-corrected chi connectivity index (χ4v) is 5.09. The molecule has 8 nitrogen and oxygen atoms in total. The van der Waals surface area contributed by atoms with E-state index in [9.17, 15) is 18.8 Å². The first-order valence-corrected chi connectivity index (χ1v) is 14.2. The molecular weight excluding hydrogens is 569 g/mol. The number of amides is 4. The van der Waals surface area contributed by atoms with Gasteiger partial charge >= 0.3 is 6.03 Å². The van der Waals surface area contributed by atoms with Crippen molar-refractivity contribution in [3.63, 3.8) is 0 Å². The number of rotatable bonds is 7. The minimum absolute atomic E-state index is 0.180. The Bertz CT molecular complexity index is 1640. The molecule has 0 aromatic heterocycles. The lowest BCUT2D eigenvalue weighted by Crippen LogP contribution is -2.50. The molecule has 4 amide bonds. The van der Waals surface area contributed by atoms with Crippen LogP contribution in [0.15, 0.2) is 91.0 Å². The molecule has 0 unspecified atom stereocenters. The van der Waals surface area contributed by atoms with Gasteiger partial charge in [-0.1, -0.05) is 48.0 Å². The van der Waals surface area contributed by atoms with Crippen molar-refractivity contribution in [3.8, 4) is 0 Å². The normalized spacial score (nSPS) is 12.9. The molecular formula is C33H31ClFN5O3. The number of carbonyl (C=O) groups excluding carboxylic acids is 3. The van der Waals surface area contributed by atoms with Gasteiger partial charge in [0.05, 0.1) is 16.1 Å². The highest BCUT2D eigenvalue weighted by atomic mass is 35.5. The third-order valence-electron chi connectivity index (χ3n) is 7.16. The number of benzene rings is 4. The summed E-state index contributed by atoms with van der Waals surface area (Å²) in [7, 11) is 0. The van der Waals surface area contributed by atoms with Crippen LogP contribution >= 0.6 is 11.6 Å². The third kappa shape index (κ3) is 7.50. The second kappa shape index (κ2) is 13.4. The highest BCUT2D eigenvalue weighted by molar-refractivity contribution is 6.34. The maximum Gasteiger partial charge on any atom is 0.321 e. The molecule has 0 spiro atoms. The summed E-state index contributed by atoms with van der Waals surface area (Å²) in [5.74, 6) is -1.11. The zero-order valence-electron chi connectivity index (χ0n) is 23.6. The molecule has 0 saturated carbocycles. The van der Waals surface area contributed by atoms with E-state index in [1.54, 1.807) is 59.5 Å². The summed E-state index contributed by atoms with van der Waals surface area (Å²) in [5.41, 5.74) is 4.31. The first-order valence-electron chi connectivity index (χ1n) is 13.9. The number of hydrogen-bond donors (Lipinski definition) is 3. The van der Waals surface area contributed by atoms with Gasteiger partial charge in [0, 0.05) is 49.8 Å². The van der Waals surface area contributed by atoms with Crippen LogP contribution in [0.4, 0.5) is 26.2 Å². The van der Waals surface area contributed by atoms with E-state index < -0.39 is 5.91 Å². The van der Waals surface area contributed by atoms with Crippen molar-refractivity contribution in [3.05, 3.63) is 124 Å². The number of aryl methyl sites for hydroxylation is 1. The van der Waals surface area contributed by atoms with Crippen LogP contribution in [-0.4, -0.2) is 48.9 Å². The molecule has 0 atom stereocenters. The number of hydrogen-bond acceptors (Lipinski definition) is 4. The van der Waals surface area contributed by atoms with Crippen LogP contribution < -0.4 is 20.9 Å². The summed E-state index contributed by atoms with van der Waals surface area (Å²) in [6.07, 6.45) is 0. The van der Waals surface area contributed by atoms with Crippen LogP contribution in [0.2, 0.25) is 5.02 Å². The maximum absolute atomic E-state index is 13.5. The lowest BCUT2D eigenvalue weighted by atomic mass is 10.1. The monoisotopic (exact) mass is 599 g/mol. The Hall–Kier alpha value is -4.89. The molecule has 0 radical (unpaired) electrons. The molecule has 3 N–H and O–H groups in total. The number of nitrogens with one attached hydrogen (secondary N) is 3. The van der Waals surface area contributed by atoms with Crippen molar-refractivity contribution >= 4 is 46.5 Å². The van der Waals surface area contributed by atoms with Gasteiger partial charge in [-0.3, -0.25) is 9.59 Å². The van der Waals surface area contributed by atoms with E-state index in [-0.39, 0.29) is 24.3 Å². The van der Waals surface area contributed by atoms with Gasteiger partial charge in [-0.05, 0) is 72.6 Å². The van der Waals surface area contributed by atoms with Gasteiger partial charge in [-0.15, -0.1) is 0 Å².